The molecule has 4 nitrogen and oxygen atoms in total. The van der Waals surface area contributed by atoms with E-state index in [0.717, 1.165) is 67.6 Å². The van der Waals surface area contributed by atoms with Crippen LogP contribution in [0.15, 0.2) is 0 Å². The van der Waals surface area contributed by atoms with Gasteiger partial charge >= 0.3 is 0 Å². The molecule has 5 heteroatoms. The topological polar surface area (TPSA) is 63.4 Å². The van der Waals surface area contributed by atoms with Crippen molar-refractivity contribution >= 4 is 23.0 Å². The van der Waals surface area contributed by atoms with Gasteiger partial charge in [0, 0.05) is 41.2 Å². The Kier molecular flexibility index (Phi) is 4.25. The Morgan fingerprint density at radius 3 is 2.71 bits per heavy atom. The first-order chi connectivity index (χ1) is 11.5. The molecule has 1 aliphatic heterocycles. The van der Waals surface area contributed by atoms with Crippen molar-refractivity contribution in [1.82, 2.24) is 4.90 Å². The van der Waals surface area contributed by atoms with Crippen LogP contribution in [0.4, 0.5) is 0 Å². The van der Waals surface area contributed by atoms with E-state index in [1.165, 1.54) is 4.88 Å². The van der Waals surface area contributed by atoms with Crippen LogP contribution < -0.4 is 5.73 Å². The van der Waals surface area contributed by atoms with Gasteiger partial charge in [-0.2, -0.15) is 0 Å². The average molecular weight is 346 g/mol. The first-order valence-electron chi connectivity index (χ1n) is 9.24. The highest BCUT2D eigenvalue weighted by atomic mass is 32.1. The SMILES string of the molecule is CC1CCN(C(=O)c2c(CC(=O)C3CC3)sc3c2CC(N)CC3)C1. The lowest BCUT2D eigenvalue weighted by atomic mass is 9.90. The molecule has 1 saturated carbocycles. The molecule has 24 heavy (non-hydrogen) atoms. The van der Waals surface area contributed by atoms with Crippen LogP contribution in [-0.2, 0) is 24.1 Å². The largest absolute Gasteiger partial charge is 0.338 e. The predicted molar refractivity (Wildman–Crippen MR) is 95.4 cm³/mol. The monoisotopic (exact) mass is 346 g/mol. The van der Waals surface area contributed by atoms with Gasteiger partial charge in [-0.3, -0.25) is 9.59 Å². The van der Waals surface area contributed by atoms with Crippen LogP contribution in [0, 0.1) is 11.8 Å². The smallest absolute Gasteiger partial charge is 0.255 e. The zero-order valence-corrected chi connectivity index (χ0v) is 15.2. The van der Waals surface area contributed by atoms with Crippen LogP contribution in [-0.4, -0.2) is 35.7 Å². The highest BCUT2D eigenvalue weighted by Gasteiger charge is 2.35. The second-order valence-electron chi connectivity index (χ2n) is 7.87. The lowest BCUT2D eigenvalue weighted by Gasteiger charge is -2.22. The van der Waals surface area contributed by atoms with Crippen molar-refractivity contribution in [3.8, 4) is 0 Å². The molecule has 2 atom stereocenters. The number of carbonyl (C=O) groups is 2. The Hall–Kier alpha value is -1.20. The molecular weight excluding hydrogens is 320 g/mol. The van der Waals surface area contributed by atoms with E-state index in [1.807, 2.05) is 4.90 Å². The van der Waals surface area contributed by atoms with E-state index in [1.54, 1.807) is 11.3 Å². The van der Waals surface area contributed by atoms with Gasteiger partial charge in [-0.05, 0) is 50.0 Å². The van der Waals surface area contributed by atoms with Gasteiger partial charge in [-0.1, -0.05) is 6.92 Å². The summed E-state index contributed by atoms with van der Waals surface area (Å²) in [5.41, 5.74) is 8.17. The standard InChI is InChI=1S/C19H26N2O2S/c1-11-6-7-21(10-11)19(23)18-14-8-13(20)4-5-16(14)24-17(18)9-15(22)12-2-3-12/h11-13H,2-10,20H2,1H3. The molecule has 3 aliphatic rings. The normalized spacial score (nSPS) is 26.5. The van der Waals surface area contributed by atoms with Crippen molar-refractivity contribution in [3.05, 3.63) is 20.9 Å². The van der Waals surface area contributed by atoms with E-state index in [2.05, 4.69) is 6.92 Å². The molecule has 2 fully saturated rings. The fourth-order valence-electron chi connectivity index (χ4n) is 4.03. The van der Waals surface area contributed by atoms with Crippen LogP contribution in [0.25, 0.3) is 0 Å². The molecule has 2 aliphatic carbocycles. The van der Waals surface area contributed by atoms with E-state index in [4.69, 9.17) is 5.73 Å². The summed E-state index contributed by atoms with van der Waals surface area (Å²) >= 11 is 1.70. The average Bonchev–Trinajstić information content (AvgIpc) is 3.22. The summed E-state index contributed by atoms with van der Waals surface area (Å²) in [6.07, 6.45) is 6.31. The van der Waals surface area contributed by atoms with E-state index >= 15 is 0 Å². The molecule has 2 heterocycles. The number of nitrogens with two attached hydrogens (primary N) is 1. The number of thiophene rings is 1. The summed E-state index contributed by atoms with van der Waals surface area (Å²) in [5, 5.41) is 0. The van der Waals surface area contributed by atoms with Gasteiger partial charge in [0.05, 0.1) is 5.56 Å². The highest BCUT2D eigenvalue weighted by Crippen LogP contribution is 2.38. The molecular formula is C19H26N2O2S. The van der Waals surface area contributed by atoms with Crippen LogP contribution in [0.2, 0.25) is 0 Å². The van der Waals surface area contributed by atoms with Gasteiger partial charge in [0.2, 0.25) is 0 Å². The third kappa shape index (κ3) is 3.04. The van der Waals surface area contributed by atoms with Crippen molar-refractivity contribution in [2.24, 2.45) is 17.6 Å². The highest BCUT2D eigenvalue weighted by molar-refractivity contribution is 7.12. The van der Waals surface area contributed by atoms with Gasteiger partial charge in [0.1, 0.15) is 5.78 Å². The summed E-state index contributed by atoms with van der Waals surface area (Å²) in [4.78, 5) is 29.8. The predicted octanol–water partition coefficient (Wildman–Crippen LogP) is 2.57. The Morgan fingerprint density at radius 1 is 1.25 bits per heavy atom. The van der Waals surface area contributed by atoms with Crippen molar-refractivity contribution in [2.45, 2.75) is 57.9 Å². The summed E-state index contributed by atoms with van der Waals surface area (Å²) in [6, 6.07) is 0.142. The zero-order chi connectivity index (χ0) is 16.8. The number of rotatable bonds is 4. The van der Waals surface area contributed by atoms with E-state index in [0.29, 0.717) is 18.1 Å². The number of hydrogen-bond acceptors (Lipinski definition) is 4. The number of hydrogen-bond donors (Lipinski definition) is 1. The maximum atomic E-state index is 13.2. The zero-order valence-electron chi connectivity index (χ0n) is 14.3. The molecule has 2 unspecified atom stereocenters. The number of carbonyl (C=O) groups excluding carboxylic acids is 2. The number of amides is 1. The van der Waals surface area contributed by atoms with Gasteiger partial charge in [0.15, 0.2) is 0 Å². The molecule has 0 aromatic carbocycles. The van der Waals surface area contributed by atoms with Crippen LogP contribution in [0.3, 0.4) is 0 Å². The lowest BCUT2D eigenvalue weighted by Crippen LogP contribution is -2.32. The fraction of sp³-hybridized carbons (Fsp3) is 0.684. The molecule has 1 aromatic rings. The Bertz CT molecular complexity index is 677. The van der Waals surface area contributed by atoms with Crippen molar-refractivity contribution in [2.75, 3.05) is 13.1 Å². The third-order valence-electron chi connectivity index (χ3n) is 5.66. The second kappa shape index (κ2) is 6.26. The van der Waals surface area contributed by atoms with Gasteiger partial charge in [-0.15, -0.1) is 11.3 Å². The van der Waals surface area contributed by atoms with E-state index in [-0.39, 0.29) is 17.9 Å². The summed E-state index contributed by atoms with van der Waals surface area (Å²) in [6.45, 7) is 3.88. The number of Topliss-reactive ketones (excluding diaryl/α,β-unsaturated/α-hetero) is 1. The van der Waals surface area contributed by atoms with Gasteiger partial charge in [0.25, 0.3) is 5.91 Å². The molecule has 0 radical (unpaired) electrons. The summed E-state index contributed by atoms with van der Waals surface area (Å²) in [5.74, 6) is 1.29. The number of ketones is 1. The molecule has 2 N–H and O–H groups in total. The Labute approximate surface area is 147 Å². The first-order valence-corrected chi connectivity index (χ1v) is 10.1. The quantitative estimate of drug-likeness (QED) is 0.911. The minimum absolute atomic E-state index is 0.142. The number of nitrogens with zero attached hydrogens (tertiary/aromatic N) is 1. The maximum absolute atomic E-state index is 13.2. The summed E-state index contributed by atoms with van der Waals surface area (Å²) < 4.78 is 0. The molecule has 1 aromatic heterocycles. The number of fused-ring (bicyclic) bond motifs is 1. The molecule has 4 rings (SSSR count). The second-order valence-corrected chi connectivity index (χ2v) is 9.06. The summed E-state index contributed by atoms with van der Waals surface area (Å²) in [7, 11) is 0. The Balaban J connectivity index is 1.67. The van der Waals surface area contributed by atoms with E-state index in [9.17, 15) is 9.59 Å². The van der Waals surface area contributed by atoms with Crippen molar-refractivity contribution in [3.63, 3.8) is 0 Å². The van der Waals surface area contributed by atoms with Crippen molar-refractivity contribution < 1.29 is 9.59 Å². The minimum Gasteiger partial charge on any atom is -0.338 e. The lowest BCUT2D eigenvalue weighted by molar-refractivity contribution is -0.119. The van der Waals surface area contributed by atoms with Gasteiger partial charge < -0.3 is 10.6 Å². The fourth-order valence-corrected chi connectivity index (χ4v) is 5.38. The maximum Gasteiger partial charge on any atom is 0.255 e. The van der Waals surface area contributed by atoms with Crippen LogP contribution in [0.5, 0.6) is 0 Å². The number of aryl methyl sites for hydroxylation is 1. The number of likely N-dealkylation sites (tertiary alicyclic amines) is 1. The van der Waals surface area contributed by atoms with Crippen molar-refractivity contribution in [1.29, 1.82) is 0 Å². The Morgan fingerprint density at radius 2 is 2.04 bits per heavy atom. The molecule has 0 spiro atoms. The van der Waals surface area contributed by atoms with Crippen LogP contribution >= 0.6 is 11.3 Å². The first kappa shape index (κ1) is 16.3. The molecule has 0 bridgehead atoms. The van der Waals surface area contributed by atoms with Gasteiger partial charge in [-0.25, -0.2) is 0 Å². The third-order valence-corrected chi connectivity index (χ3v) is 6.96. The molecule has 130 valence electrons. The van der Waals surface area contributed by atoms with Crippen LogP contribution in [0.1, 0.15) is 58.3 Å². The molecule has 1 amide bonds. The minimum atomic E-state index is 0.142. The molecule has 1 saturated heterocycles. The van der Waals surface area contributed by atoms with E-state index < -0.39 is 0 Å².